The SMILES string of the molecule is CC(C)(C)OC(=O)N1CCN(c2ccc(NC(=O)[C@@H]3CCOC3)cc2F)CC1. The summed E-state index contributed by atoms with van der Waals surface area (Å²) >= 11 is 0. The van der Waals surface area contributed by atoms with Crippen LogP contribution in [-0.4, -0.2) is 61.9 Å². The molecule has 0 unspecified atom stereocenters. The predicted octanol–water partition coefficient (Wildman–Crippen LogP) is 2.86. The smallest absolute Gasteiger partial charge is 0.410 e. The number of carbonyl (C=O) groups excluding carboxylic acids is 2. The molecule has 154 valence electrons. The summed E-state index contributed by atoms with van der Waals surface area (Å²) in [5.74, 6) is -0.717. The zero-order valence-corrected chi connectivity index (χ0v) is 16.7. The van der Waals surface area contributed by atoms with E-state index < -0.39 is 11.4 Å². The molecule has 3 rings (SSSR count). The van der Waals surface area contributed by atoms with Gasteiger partial charge in [0.25, 0.3) is 0 Å². The Bertz CT molecular complexity index is 721. The fourth-order valence-electron chi connectivity index (χ4n) is 3.28. The Morgan fingerprint density at radius 2 is 1.93 bits per heavy atom. The number of amides is 2. The van der Waals surface area contributed by atoms with Crippen molar-refractivity contribution in [3.8, 4) is 0 Å². The number of piperazine rings is 1. The monoisotopic (exact) mass is 393 g/mol. The van der Waals surface area contributed by atoms with E-state index in [0.717, 1.165) is 0 Å². The number of benzene rings is 1. The lowest BCUT2D eigenvalue weighted by molar-refractivity contribution is -0.119. The Balaban J connectivity index is 1.56. The number of nitrogens with one attached hydrogen (secondary N) is 1. The van der Waals surface area contributed by atoms with Gasteiger partial charge in [-0.1, -0.05) is 0 Å². The summed E-state index contributed by atoms with van der Waals surface area (Å²) in [4.78, 5) is 27.8. The molecular formula is C20H28FN3O4. The van der Waals surface area contributed by atoms with Crippen molar-refractivity contribution in [3.63, 3.8) is 0 Å². The van der Waals surface area contributed by atoms with Gasteiger partial charge in [-0.25, -0.2) is 9.18 Å². The molecule has 0 saturated carbocycles. The average molecular weight is 393 g/mol. The van der Waals surface area contributed by atoms with E-state index >= 15 is 0 Å². The van der Waals surface area contributed by atoms with Gasteiger partial charge in [0, 0.05) is 38.5 Å². The standard InChI is InChI=1S/C20H28FN3O4/c1-20(2,3)28-19(26)24-9-7-23(8-10-24)17-5-4-15(12-16(17)21)22-18(25)14-6-11-27-13-14/h4-5,12,14H,6-11,13H2,1-3H3,(H,22,25)/t14-/m1/s1. The maximum Gasteiger partial charge on any atom is 0.410 e. The molecule has 1 N–H and O–H groups in total. The van der Waals surface area contributed by atoms with Gasteiger partial charge in [0.2, 0.25) is 5.91 Å². The van der Waals surface area contributed by atoms with Gasteiger partial charge < -0.3 is 24.6 Å². The maximum atomic E-state index is 14.6. The summed E-state index contributed by atoms with van der Waals surface area (Å²) in [5, 5.41) is 2.75. The molecule has 1 aromatic rings. The van der Waals surface area contributed by atoms with Crippen LogP contribution in [0.1, 0.15) is 27.2 Å². The van der Waals surface area contributed by atoms with Crippen LogP contribution >= 0.6 is 0 Å². The van der Waals surface area contributed by atoms with Crippen molar-refractivity contribution in [2.75, 3.05) is 49.6 Å². The Morgan fingerprint density at radius 3 is 2.50 bits per heavy atom. The van der Waals surface area contributed by atoms with E-state index in [-0.39, 0.29) is 17.9 Å². The molecule has 28 heavy (non-hydrogen) atoms. The van der Waals surface area contributed by atoms with Crippen LogP contribution in [0.4, 0.5) is 20.6 Å². The molecule has 0 bridgehead atoms. The molecular weight excluding hydrogens is 365 g/mol. The van der Waals surface area contributed by atoms with Crippen molar-refractivity contribution in [2.24, 2.45) is 5.92 Å². The van der Waals surface area contributed by atoms with Crippen LogP contribution in [0.5, 0.6) is 0 Å². The van der Waals surface area contributed by atoms with E-state index in [1.54, 1.807) is 17.0 Å². The van der Waals surface area contributed by atoms with Gasteiger partial charge in [0.05, 0.1) is 18.2 Å². The molecule has 2 aliphatic heterocycles. The first-order chi connectivity index (χ1) is 13.2. The van der Waals surface area contributed by atoms with Crippen LogP contribution in [0.25, 0.3) is 0 Å². The normalized spacial score (nSPS) is 20.2. The molecule has 1 aromatic carbocycles. The maximum absolute atomic E-state index is 14.6. The minimum absolute atomic E-state index is 0.143. The number of nitrogens with zero attached hydrogens (tertiary/aromatic N) is 2. The van der Waals surface area contributed by atoms with Crippen LogP contribution in [-0.2, 0) is 14.3 Å². The molecule has 0 spiro atoms. The largest absolute Gasteiger partial charge is 0.444 e. The Hall–Kier alpha value is -2.35. The van der Waals surface area contributed by atoms with E-state index in [1.165, 1.54) is 6.07 Å². The average Bonchev–Trinajstić information content (AvgIpc) is 3.15. The van der Waals surface area contributed by atoms with Crippen LogP contribution in [0.3, 0.4) is 0 Å². The lowest BCUT2D eigenvalue weighted by Crippen LogP contribution is -2.50. The molecule has 0 aliphatic carbocycles. The van der Waals surface area contributed by atoms with Gasteiger partial charge >= 0.3 is 6.09 Å². The predicted molar refractivity (Wildman–Crippen MR) is 104 cm³/mol. The molecule has 7 nitrogen and oxygen atoms in total. The van der Waals surface area contributed by atoms with Crippen LogP contribution in [0.2, 0.25) is 0 Å². The molecule has 8 heteroatoms. The van der Waals surface area contributed by atoms with E-state index in [1.807, 2.05) is 25.7 Å². The third-order valence-corrected chi connectivity index (χ3v) is 4.79. The van der Waals surface area contributed by atoms with E-state index in [2.05, 4.69) is 5.32 Å². The molecule has 0 aromatic heterocycles. The van der Waals surface area contributed by atoms with Gasteiger partial charge in [-0.15, -0.1) is 0 Å². The number of carbonyl (C=O) groups is 2. The summed E-state index contributed by atoms with van der Waals surface area (Å²) in [6.45, 7) is 8.45. The second kappa shape index (κ2) is 8.34. The van der Waals surface area contributed by atoms with Crippen LogP contribution in [0.15, 0.2) is 18.2 Å². The Labute approximate surface area is 164 Å². The fraction of sp³-hybridized carbons (Fsp3) is 0.600. The van der Waals surface area contributed by atoms with Crippen molar-refractivity contribution in [2.45, 2.75) is 32.8 Å². The van der Waals surface area contributed by atoms with Crippen molar-refractivity contribution in [1.29, 1.82) is 0 Å². The van der Waals surface area contributed by atoms with E-state index in [0.29, 0.717) is 57.2 Å². The van der Waals surface area contributed by atoms with Gasteiger partial charge in [0.1, 0.15) is 11.4 Å². The zero-order chi connectivity index (χ0) is 20.3. The van der Waals surface area contributed by atoms with Crippen molar-refractivity contribution in [3.05, 3.63) is 24.0 Å². The third-order valence-electron chi connectivity index (χ3n) is 4.79. The minimum Gasteiger partial charge on any atom is -0.444 e. The quantitative estimate of drug-likeness (QED) is 0.855. The topological polar surface area (TPSA) is 71.1 Å². The van der Waals surface area contributed by atoms with Crippen LogP contribution < -0.4 is 10.2 Å². The minimum atomic E-state index is -0.536. The first kappa shape index (κ1) is 20.4. The summed E-state index contributed by atoms with van der Waals surface area (Å²) in [5.41, 5.74) is 0.363. The number of rotatable bonds is 3. The van der Waals surface area contributed by atoms with Gasteiger partial charge in [-0.05, 0) is 45.4 Å². The highest BCUT2D eigenvalue weighted by Gasteiger charge is 2.27. The van der Waals surface area contributed by atoms with Crippen molar-refractivity contribution < 1.29 is 23.5 Å². The molecule has 2 fully saturated rings. The Morgan fingerprint density at radius 1 is 1.21 bits per heavy atom. The molecule has 2 saturated heterocycles. The number of anilines is 2. The molecule has 2 aliphatic rings. The third kappa shape index (κ3) is 5.13. The summed E-state index contributed by atoms with van der Waals surface area (Å²) in [6, 6.07) is 4.70. The highest BCUT2D eigenvalue weighted by Crippen LogP contribution is 2.25. The van der Waals surface area contributed by atoms with Gasteiger partial charge in [-0.2, -0.15) is 0 Å². The summed E-state index contributed by atoms with van der Waals surface area (Å²) in [7, 11) is 0. The molecule has 1 atom stereocenters. The molecule has 0 radical (unpaired) electrons. The first-order valence-electron chi connectivity index (χ1n) is 9.64. The highest BCUT2D eigenvalue weighted by atomic mass is 19.1. The van der Waals surface area contributed by atoms with Crippen LogP contribution in [0, 0.1) is 11.7 Å². The Kier molecular flexibility index (Phi) is 6.07. The molecule has 2 amide bonds. The summed E-state index contributed by atoms with van der Waals surface area (Å²) < 4.78 is 25.2. The van der Waals surface area contributed by atoms with E-state index in [9.17, 15) is 14.0 Å². The highest BCUT2D eigenvalue weighted by molar-refractivity contribution is 5.93. The lowest BCUT2D eigenvalue weighted by Gasteiger charge is -2.36. The fourth-order valence-corrected chi connectivity index (χ4v) is 3.28. The zero-order valence-electron chi connectivity index (χ0n) is 16.7. The summed E-state index contributed by atoms with van der Waals surface area (Å²) in [6.07, 6.45) is 0.343. The van der Waals surface area contributed by atoms with Gasteiger partial charge in [-0.3, -0.25) is 4.79 Å². The van der Waals surface area contributed by atoms with Crippen molar-refractivity contribution in [1.82, 2.24) is 4.90 Å². The molecule has 2 heterocycles. The number of halogens is 1. The second-order valence-electron chi connectivity index (χ2n) is 8.17. The first-order valence-corrected chi connectivity index (χ1v) is 9.64. The van der Waals surface area contributed by atoms with Crippen molar-refractivity contribution >= 4 is 23.4 Å². The van der Waals surface area contributed by atoms with E-state index in [4.69, 9.17) is 9.47 Å². The number of hydrogen-bond acceptors (Lipinski definition) is 5. The lowest BCUT2D eigenvalue weighted by atomic mass is 10.1. The van der Waals surface area contributed by atoms with Gasteiger partial charge in [0.15, 0.2) is 0 Å². The second-order valence-corrected chi connectivity index (χ2v) is 8.17. The number of hydrogen-bond donors (Lipinski definition) is 1. The number of ether oxygens (including phenoxy) is 2.